The summed E-state index contributed by atoms with van der Waals surface area (Å²) in [6, 6.07) is 11.9. The van der Waals surface area contributed by atoms with Crippen molar-refractivity contribution >= 4 is 11.6 Å². The topological polar surface area (TPSA) is 45.7 Å². The maximum Gasteiger partial charge on any atom is 0.227 e. The highest BCUT2D eigenvalue weighted by molar-refractivity contribution is 5.79. The first-order valence-electron chi connectivity index (χ1n) is 7.82. The molecule has 5 heteroatoms. The number of aromatic nitrogens is 1. The SMILES string of the molecule is COc1ccc(N2CCN(C(=O)Cc3cccnc3)CC2)cc1. The summed E-state index contributed by atoms with van der Waals surface area (Å²) in [6.45, 7) is 3.21. The Morgan fingerprint density at radius 2 is 1.87 bits per heavy atom. The molecule has 1 aromatic heterocycles. The van der Waals surface area contributed by atoms with Gasteiger partial charge in [-0.2, -0.15) is 0 Å². The molecule has 1 aromatic carbocycles. The molecular weight excluding hydrogens is 290 g/mol. The lowest BCUT2D eigenvalue weighted by Crippen LogP contribution is -2.49. The minimum absolute atomic E-state index is 0.174. The lowest BCUT2D eigenvalue weighted by molar-refractivity contribution is -0.130. The van der Waals surface area contributed by atoms with Crippen LogP contribution in [0.15, 0.2) is 48.8 Å². The number of anilines is 1. The number of carbonyl (C=O) groups excluding carboxylic acids is 1. The van der Waals surface area contributed by atoms with Crippen LogP contribution >= 0.6 is 0 Å². The zero-order valence-electron chi connectivity index (χ0n) is 13.3. The summed E-state index contributed by atoms with van der Waals surface area (Å²) in [6.07, 6.45) is 3.91. The van der Waals surface area contributed by atoms with E-state index in [1.54, 1.807) is 19.5 Å². The maximum absolute atomic E-state index is 12.4. The van der Waals surface area contributed by atoms with Gasteiger partial charge in [0.25, 0.3) is 0 Å². The number of ether oxygens (including phenoxy) is 1. The van der Waals surface area contributed by atoms with E-state index in [4.69, 9.17) is 4.74 Å². The minimum atomic E-state index is 0.174. The highest BCUT2D eigenvalue weighted by Crippen LogP contribution is 2.20. The fourth-order valence-corrected chi connectivity index (χ4v) is 2.80. The van der Waals surface area contributed by atoms with Crippen molar-refractivity contribution in [2.45, 2.75) is 6.42 Å². The van der Waals surface area contributed by atoms with E-state index >= 15 is 0 Å². The summed E-state index contributed by atoms with van der Waals surface area (Å²) < 4.78 is 5.19. The van der Waals surface area contributed by atoms with Crippen LogP contribution in [0.2, 0.25) is 0 Å². The number of amides is 1. The molecule has 1 saturated heterocycles. The van der Waals surface area contributed by atoms with Crippen LogP contribution in [-0.4, -0.2) is 49.1 Å². The molecule has 0 bridgehead atoms. The van der Waals surface area contributed by atoms with E-state index in [9.17, 15) is 4.79 Å². The molecule has 5 nitrogen and oxygen atoms in total. The molecule has 1 aliphatic heterocycles. The van der Waals surface area contributed by atoms with Crippen molar-refractivity contribution in [1.29, 1.82) is 0 Å². The van der Waals surface area contributed by atoms with E-state index in [0.29, 0.717) is 6.42 Å². The third-order valence-electron chi connectivity index (χ3n) is 4.15. The molecule has 1 fully saturated rings. The van der Waals surface area contributed by atoms with Gasteiger partial charge in [0, 0.05) is 44.3 Å². The van der Waals surface area contributed by atoms with Gasteiger partial charge in [-0.25, -0.2) is 0 Å². The summed E-state index contributed by atoms with van der Waals surface area (Å²) in [5.41, 5.74) is 2.14. The molecule has 0 spiro atoms. The highest BCUT2D eigenvalue weighted by atomic mass is 16.5. The molecule has 0 N–H and O–H groups in total. The number of methoxy groups -OCH3 is 1. The Balaban J connectivity index is 1.54. The summed E-state index contributed by atoms with van der Waals surface area (Å²) >= 11 is 0. The highest BCUT2D eigenvalue weighted by Gasteiger charge is 2.21. The molecule has 1 amide bonds. The Labute approximate surface area is 136 Å². The number of benzene rings is 1. The Kier molecular flexibility index (Phi) is 4.76. The van der Waals surface area contributed by atoms with E-state index in [2.05, 4.69) is 22.0 Å². The van der Waals surface area contributed by atoms with Gasteiger partial charge in [-0.1, -0.05) is 6.07 Å². The predicted octanol–water partition coefficient (Wildman–Crippen LogP) is 1.98. The number of hydrogen-bond donors (Lipinski definition) is 0. The first-order valence-corrected chi connectivity index (χ1v) is 7.82. The largest absolute Gasteiger partial charge is 0.497 e. The monoisotopic (exact) mass is 311 g/mol. The molecule has 3 rings (SSSR count). The molecule has 120 valence electrons. The van der Waals surface area contributed by atoms with Crippen molar-refractivity contribution in [2.24, 2.45) is 0 Å². The fraction of sp³-hybridized carbons (Fsp3) is 0.333. The van der Waals surface area contributed by atoms with Crippen molar-refractivity contribution < 1.29 is 9.53 Å². The molecule has 0 saturated carbocycles. The summed E-state index contributed by atoms with van der Waals surface area (Å²) in [7, 11) is 1.67. The second-order valence-corrected chi connectivity index (χ2v) is 5.60. The van der Waals surface area contributed by atoms with Gasteiger partial charge in [-0.05, 0) is 35.9 Å². The number of rotatable bonds is 4. The van der Waals surface area contributed by atoms with Crippen LogP contribution in [0.4, 0.5) is 5.69 Å². The first-order chi connectivity index (χ1) is 11.3. The average Bonchev–Trinajstić information content (AvgIpc) is 2.63. The lowest BCUT2D eigenvalue weighted by atomic mass is 10.1. The van der Waals surface area contributed by atoms with Crippen LogP contribution in [0.5, 0.6) is 5.75 Å². The zero-order valence-corrected chi connectivity index (χ0v) is 13.3. The zero-order chi connectivity index (χ0) is 16.1. The van der Waals surface area contributed by atoms with E-state index < -0.39 is 0 Å². The van der Waals surface area contributed by atoms with Crippen molar-refractivity contribution in [2.75, 3.05) is 38.2 Å². The molecule has 0 aliphatic carbocycles. The Bertz CT molecular complexity index is 635. The standard InChI is InChI=1S/C18H21N3O2/c1-23-17-6-4-16(5-7-17)20-9-11-21(12-10-20)18(22)13-15-3-2-8-19-14-15/h2-8,14H,9-13H2,1H3. The third kappa shape index (κ3) is 3.80. The fourth-order valence-electron chi connectivity index (χ4n) is 2.80. The van der Waals surface area contributed by atoms with Crippen molar-refractivity contribution in [3.05, 3.63) is 54.4 Å². The van der Waals surface area contributed by atoms with Crippen LogP contribution in [0.3, 0.4) is 0 Å². The molecule has 2 heterocycles. The second-order valence-electron chi connectivity index (χ2n) is 5.60. The van der Waals surface area contributed by atoms with E-state index in [1.807, 2.05) is 29.2 Å². The molecular formula is C18H21N3O2. The van der Waals surface area contributed by atoms with Gasteiger partial charge >= 0.3 is 0 Å². The average molecular weight is 311 g/mol. The second kappa shape index (κ2) is 7.13. The normalized spacial score (nSPS) is 14.7. The smallest absolute Gasteiger partial charge is 0.227 e. The van der Waals surface area contributed by atoms with Crippen molar-refractivity contribution in [3.8, 4) is 5.75 Å². The first kappa shape index (κ1) is 15.3. The predicted molar refractivity (Wildman–Crippen MR) is 89.7 cm³/mol. The number of carbonyl (C=O) groups is 1. The maximum atomic E-state index is 12.4. The van der Waals surface area contributed by atoms with Gasteiger partial charge in [-0.3, -0.25) is 9.78 Å². The molecule has 1 aliphatic rings. The summed E-state index contributed by atoms with van der Waals surface area (Å²) in [5.74, 6) is 1.03. The third-order valence-corrected chi connectivity index (χ3v) is 4.15. The quantitative estimate of drug-likeness (QED) is 0.866. The van der Waals surface area contributed by atoms with Crippen molar-refractivity contribution in [3.63, 3.8) is 0 Å². The summed E-state index contributed by atoms with van der Waals surface area (Å²) in [5, 5.41) is 0. The molecule has 0 unspecified atom stereocenters. The number of hydrogen-bond acceptors (Lipinski definition) is 4. The van der Waals surface area contributed by atoms with Crippen LogP contribution in [0, 0.1) is 0 Å². The van der Waals surface area contributed by atoms with Gasteiger partial charge in [0.1, 0.15) is 5.75 Å². The van der Waals surface area contributed by atoms with E-state index in [0.717, 1.165) is 37.5 Å². The van der Waals surface area contributed by atoms with Crippen LogP contribution in [0.1, 0.15) is 5.56 Å². The molecule has 0 atom stereocenters. The van der Waals surface area contributed by atoms with Gasteiger partial charge in [0.15, 0.2) is 0 Å². The lowest BCUT2D eigenvalue weighted by Gasteiger charge is -2.36. The number of nitrogens with zero attached hydrogens (tertiary/aromatic N) is 3. The van der Waals surface area contributed by atoms with Crippen LogP contribution < -0.4 is 9.64 Å². The van der Waals surface area contributed by atoms with Crippen LogP contribution in [-0.2, 0) is 11.2 Å². The Morgan fingerprint density at radius 3 is 2.48 bits per heavy atom. The van der Waals surface area contributed by atoms with Crippen molar-refractivity contribution in [1.82, 2.24) is 9.88 Å². The molecule has 23 heavy (non-hydrogen) atoms. The Hall–Kier alpha value is -2.56. The number of pyridine rings is 1. The van der Waals surface area contributed by atoms with Gasteiger partial charge in [-0.15, -0.1) is 0 Å². The molecule has 0 radical (unpaired) electrons. The Morgan fingerprint density at radius 1 is 1.13 bits per heavy atom. The van der Waals surface area contributed by atoms with E-state index in [1.165, 1.54) is 5.69 Å². The van der Waals surface area contributed by atoms with Crippen LogP contribution in [0.25, 0.3) is 0 Å². The summed E-state index contributed by atoms with van der Waals surface area (Å²) in [4.78, 5) is 20.7. The molecule has 2 aromatic rings. The number of piperazine rings is 1. The van der Waals surface area contributed by atoms with Gasteiger partial charge in [0.05, 0.1) is 13.5 Å². The van der Waals surface area contributed by atoms with E-state index in [-0.39, 0.29) is 5.91 Å². The minimum Gasteiger partial charge on any atom is -0.497 e. The van der Waals surface area contributed by atoms with Gasteiger partial charge < -0.3 is 14.5 Å². The van der Waals surface area contributed by atoms with Gasteiger partial charge in [0.2, 0.25) is 5.91 Å².